The lowest BCUT2D eigenvalue weighted by Crippen LogP contribution is -2.36. The van der Waals surface area contributed by atoms with Gasteiger partial charge in [-0.1, -0.05) is 12.1 Å². The van der Waals surface area contributed by atoms with Crippen LogP contribution < -0.4 is 0 Å². The molecule has 0 radical (unpaired) electrons. The average Bonchev–Trinajstić information content (AvgIpc) is 3.35. The van der Waals surface area contributed by atoms with E-state index in [-0.39, 0.29) is 34.9 Å². The van der Waals surface area contributed by atoms with Gasteiger partial charge in [-0.3, -0.25) is 4.79 Å². The summed E-state index contributed by atoms with van der Waals surface area (Å²) in [7, 11) is 0. The summed E-state index contributed by atoms with van der Waals surface area (Å²) in [5.41, 5.74) is 2.23. The Bertz CT molecular complexity index is 1170. The predicted molar refractivity (Wildman–Crippen MR) is 108 cm³/mol. The van der Waals surface area contributed by atoms with E-state index in [9.17, 15) is 14.3 Å². The fourth-order valence-electron chi connectivity index (χ4n) is 5.07. The van der Waals surface area contributed by atoms with Gasteiger partial charge in [0.2, 0.25) is 0 Å². The highest BCUT2D eigenvalue weighted by Crippen LogP contribution is 2.42. The number of aromatic nitrogens is 2. The predicted octanol–water partition coefficient (Wildman–Crippen LogP) is 3.13. The van der Waals surface area contributed by atoms with Crippen LogP contribution in [0.15, 0.2) is 48.8 Å². The van der Waals surface area contributed by atoms with Crippen LogP contribution in [-0.2, 0) is 0 Å². The van der Waals surface area contributed by atoms with Crippen LogP contribution >= 0.6 is 0 Å². The van der Waals surface area contributed by atoms with E-state index in [0.29, 0.717) is 19.5 Å². The molecule has 1 amide bonds. The van der Waals surface area contributed by atoms with Crippen LogP contribution in [0, 0.1) is 29.0 Å². The molecule has 1 aromatic heterocycles. The minimum Gasteiger partial charge on any atom is -0.391 e. The number of hydrogen-bond donors (Lipinski definition) is 1. The van der Waals surface area contributed by atoms with Gasteiger partial charge in [0, 0.05) is 18.7 Å². The highest BCUT2D eigenvalue weighted by atomic mass is 19.1. The molecule has 2 aromatic carbocycles. The first-order valence-corrected chi connectivity index (χ1v) is 10.1. The number of hydrogen-bond acceptors (Lipinski definition) is 4. The van der Waals surface area contributed by atoms with E-state index in [1.807, 2.05) is 34.9 Å². The van der Waals surface area contributed by atoms with Gasteiger partial charge in [0.15, 0.2) is 0 Å². The van der Waals surface area contributed by atoms with Crippen LogP contribution in [0.25, 0.3) is 11.0 Å². The van der Waals surface area contributed by atoms with E-state index < -0.39 is 11.9 Å². The van der Waals surface area contributed by atoms with Gasteiger partial charge in [-0.25, -0.2) is 9.37 Å². The van der Waals surface area contributed by atoms with Crippen LogP contribution in [-0.4, -0.2) is 44.7 Å². The SMILES string of the molecule is N#Cc1cc(F)cc(C(=O)N2C[C@H]3C[C@@H](n4cnc5ccccc54)[C@H](O)C[C@H]3C2)c1. The molecule has 0 bridgehead atoms. The maximum absolute atomic E-state index is 13.8. The molecule has 4 atom stereocenters. The third-order valence-corrected chi connectivity index (χ3v) is 6.51. The van der Waals surface area contributed by atoms with Gasteiger partial charge in [-0.05, 0) is 55.0 Å². The largest absolute Gasteiger partial charge is 0.391 e. The number of imidazole rings is 1. The molecule has 152 valence electrons. The Hall–Kier alpha value is -3.24. The number of nitrogens with zero attached hydrogens (tertiary/aromatic N) is 4. The molecule has 3 aromatic rings. The topological polar surface area (TPSA) is 82.2 Å². The molecule has 0 spiro atoms. The monoisotopic (exact) mass is 404 g/mol. The molecule has 2 aliphatic rings. The molecule has 7 heteroatoms. The van der Waals surface area contributed by atoms with Crippen LogP contribution in [0.4, 0.5) is 4.39 Å². The molecule has 2 fully saturated rings. The minimum atomic E-state index is -0.587. The number of aliphatic hydroxyl groups excluding tert-OH is 1. The second kappa shape index (κ2) is 7.22. The number of rotatable bonds is 2. The number of carbonyl (C=O) groups excluding carboxylic acids is 1. The van der Waals surface area contributed by atoms with Gasteiger partial charge < -0.3 is 14.6 Å². The van der Waals surface area contributed by atoms with Gasteiger partial charge >= 0.3 is 0 Å². The fourth-order valence-corrected chi connectivity index (χ4v) is 5.07. The van der Waals surface area contributed by atoms with Crippen molar-refractivity contribution in [3.8, 4) is 6.07 Å². The summed E-state index contributed by atoms with van der Waals surface area (Å²) >= 11 is 0. The summed E-state index contributed by atoms with van der Waals surface area (Å²) in [6.07, 6.45) is 2.63. The number of benzene rings is 2. The quantitative estimate of drug-likeness (QED) is 0.711. The molecule has 1 saturated heterocycles. The number of likely N-dealkylation sites (tertiary alicyclic amines) is 1. The number of para-hydroxylation sites is 2. The third kappa shape index (κ3) is 3.14. The number of fused-ring (bicyclic) bond motifs is 2. The lowest BCUT2D eigenvalue weighted by atomic mass is 9.77. The summed E-state index contributed by atoms with van der Waals surface area (Å²) in [6.45, 7) is 1.11. The summed E-state index contributed by atoms with van der Waals surface area (Å²) < 4.78 is 15.8. The average molecular weight is 404 g/mol. The number of halogens is 1. The zero-order chi connectivity index (χ0) is 20.8. The first-order valence-electron chi connectivity index (χ1n) is 10.1. The Morgan fingerprint density at radius 1 is 1.17 bits per heavy atom. The summed E-state index contributed by atoms with van der Waals surface area (Å²) in [4.78, 5) is 19.1. The van der Waals surface area contributed by atoms with E-state index in [4.69, 9.17) is 5.26 Å². The lowest BCUT2D eigenvalue weighted by Gasteiger charge is -2.36. The first kappa shape index (κ1) is 18.8. The van der Waals surface area contributed by atoms with Crippen molar-refractivity contribution in [1.29, 1.82) is 5.26 Å². The van der Waals surface area contributed by atoms with E-state index >= 15 is 0 Å². The molecule has 1 aliphatic heterocycles. The van der Waals surface area contributed by atoms with Crippen molar-refractivity contribution in [3.05, 3.63) is 65.7 Å². The Morgan fingerprint density at radius 2 is 1.93 bits per heavy atom. The van der Waals surface area contributed by atoms with Gasteiger partial charge in [0.05, 0.1) is 41.1 Å². The van der Waals surface area contributed by atoms with Gasteiger partial charge in [-0.2, -0.15) is 5.26 Å². The number of carbonyl (C=O) groups is 1. The van der Waals surface area contributed by atoms with Crippen molar-refractivity contribution in [2.24, 2.45) is 11.8 Å². The molecular formula is C23H21FN4O2. The van der Waals surface area contributed by atoms with E-state index in [1.165, 1.54) is 12.1 Å². The maximum Gasteiger partial charge on any atom is 0.254 e. The molecule has 5 rings (SSSR count). The zero-order valence-electron chi connectivity index (χ0n) is 16.3. The molecule has 6 nitrogen and oxygen atoms in total. The molecule has 1 N–H and O–H groups in total. The molecular weight excluding hydrogens is 383 g/mol. The van der Waals surface area contributed by atoms with Crippen molar-refractivity contribution >= 4 is 16.9 Å². The van der Waals surface area contributed by atoms with Crippen molar-refractivity contribution in [1.82, 2.24) is 14.5 Å². The normalized spacial score (nSPS) is 25.8. The Morgan fingerprint density at radius 3 is 2.73 bits per heavy atom. The number of nitriles is 1. The van der Waals surface area contributed by atoms with Crippen LogP contribution in [0.3, 0.4) is 0 Å². The van der Waals surface area contributed by atoms with Crippen molar-refractivity contribution in [2.75, 3.05) is 13.1 Å². The minimum absolute atomic E-state index is 0.0898. The maximum atomic E-state index is 13.8. The molecule has 0 unspecified atom stereocenters. The first-order chi connectivity index (χ1) is 14.5. The van der Waals surface area contributed by atoms with Crippen molar-refractivity contribution < 1.29 is 14.3 Å². The van der Waals surface area contributed by atoms with Gasteiger partial charge in [0.25, 0.3) is 5.91 Å². The summed E-state index contributed by atoms with van der Waals surface area (Å²) in [6, 6.07) is 13.4. The van der Waals surface area contributed by atoms with Crippen LogP contribution in [0.1, 0.15) is 34.8 Å². The second-order valence-electron chi connectivity index (χ2n) is 8.32. The fraction of sp³-hybridized carbons (Fsp3) is 0.348. The van der Waals surface area contributed by atoms with Crippen LogP contribution in [0.2, 0.25) is 0 Å². The van der Waals surface area contributed by atoms with E-state index in [2.05, 4.69) is 4.98 Å². The smallest absolute Gasteiger partial charge is 0.254 e. The third-order valence-electron chi connectivity index (χ3n) is 6.51. The lowest BCUT2D eigenvalue weighted by molar-refractivity contribution is 0.0374. The highest BCUT2D eigenvalue weighted by Gasteiger charge is 2.44. The van der Waals surface area contributed by atoms with Gasteiger partial charge in [0.1, 0.15) is 5.82 Å². The molecule has 1 saturated carbocycles. The van der Waals surface area contributed by atoms with Crippen LogP contribution in [0.5, 0.6) is 0 Å². The standard InChI is InChI=1S/C23H21FN4O2/c24-18-6-14(10-25)5-15(7-18)23(30)27-11-16-8-21(22(29)9-17(16)12-27)28-13-26-19-3-1-2-4-20(19)28/h1-7,13,16-17,21-22,29H,8-9,11-12H2/t16-,17+,21-,22-/m1/s1. The molecule has 1 aliphatic carbocycles. The van der Waals surface area contributed by atoms with Crippen molar-refractivity contribution in [3.63, 3.8) is 0 Å². The Balaban J connectivity index is 1.37. The Kier molecular flexibility index (Phi) is 4.52. The number of amides is 1. The molecule has 30 heavy (non-hydrogen) atoms. The zero-order valence-corrected chi connectivity index (χ0v) is 16.3. The molecule has 2 heterocycles. The summed E-state index contributed by atoms with van der Waals surface area (Å²) in [5.74, 6) is -0.387. The number of aliphatic hydroxyl groups is 1. The Labute approximate surface area is 173 Å². The van der Waals surface area contributed by atoms with E-state index in [0.717, 1.165) is 23.5 Å². The summed E-state index contributed by atoms with van der Waals surface area (Å²) in [5, 5.41) is 19.9. The highest BCUT2D eigenvalue weighted by molar-refractivity contribution is 5.94. The van der Waals surface area contributed by atoms with Gasteiger partial charge in [-0.15, -0.1) is 0 Å². The second-order valence-corrected chi connectivity index (χ2v) is 8.32. The van der Waals surface area contributed by atoms with Crippen molar-refractivity contribution in [2.45, 2.75) is 25.0 Å². The van der Waals surface area contributed by atoms with E-state index in [1.54, 1.807) is 11.2 Å².